The number of nitrogens with zero attached hydrogens (tertiary/aromatic N) is 1. The van der Waals surface area contributed by atoms with Crippen molar-refractivity contribution in [2.24, 2.45) is 67.7 Å². The lowest BCUT2D eigenvalue weighted by molar-refractivity contribution is -0.151. The molecule has 0 heterocycles. The van der Waals surface area contributed by atoms with Crippen LogP contribution < -0.4 is 11.5 Å². The number of ketones is 2. The molecule has 0 aliphatic heterocycles. The molecule has 1 aromatic rings. The largest absolute Gasteiger partial charge is 0.478 e. The van der Waals surface area contributed by atoms with Crippen molar-refractivity contribution in [3.05, 3.63) is 64.8 Å². The van der Waals surface area contributed by atoms with Gasteiger partial charge < -0.3 is 31.9 Å². The van der Waals surface area contributed by atoms with E-state index in [1.54, 1.807) is 0 Å². The van der Waals surface area contributed by atoms with E-state index in [4.69, 9.17) is 11.5 Å². The maximum absolute atomic E-state index is 14.8. The minimum Gasteiger partial charge on any atom is -0.478 e. The monoisotopic (exact) mass is 689 g/mol. The number of nitrogens with two attached hydrogens (primary N) is 2. The van der Waals surface area contributed by atoms with Crippen LogP contribution in [0.25, 0.3) is 6.08 Å². The number of rotatable bonds is 9. The number of carbonyl (C=O) groups is 3. The molecule has 4 aliphatic carbocycles. The third-order valence-corrected chi connectivity index (χ3v) is 13.8. The van der Waals surface area contributed by atoms with E-state index in [9.17, 15) is 34.8 Å². The van der Waals surface area contributed by atoms with E-state index < -0.39 is 57.8 Å². The number of carbonyl (C=O) groups excluding carboxylic acids is 2. The Morgan fingerprint density at radius 2 is 1.72 bits per heavy atom. The predicted octanol–water partition coefficient (Wildman–Crippen LogP) is 4.28. The number of guanidine groups is 1. The average molecular weight is 690 g/mol. The zero-order chi connectivity index (χ0) is 37.1. The lowest BCUT2D eigenvalue weighted by Crippen LogP contribution is -2.63. The highest BCUT2D eigenvalue weighted by atomic mass is 16.4. The number of aliphatic hydroxyl groups excluding tert-OH is 3. The second-order valence-corrected chi connectivity index (χ2v) is 16.6. The zero-order valence-electron chi connectivity index (χ0n) is 30.4. The van der Waals surface area contributed by atoms with E-state index in [0.717, 1.165) is 5.56 Å². The molecule has 4 aliphatic rings. The Hall–Kier alpha value is -3.60. The molecule has 2 saturated carbocycles. The van der Waals surface area contributed by atoms with Gasteiger partial charge in [-0.15, -0.1) is 0 Å². The van der Waals surface area contributed by atoms with E-state index in [1.165, 1.54) is 13.0 Å². The third kappa shape index (κ3) is 5.77. The average Bonchev–Trinajstić information content (AvgIpc) is 3.24. The molecular weight excluding hydrogens is 634 g/mol. The Bertz CT molecular complexity index is 1660. The smallest absolute Gasteiger partial charge is 0.331 e. The van der Waals surface area contributed by atoms with Crippen molar-refractivity contribution in [2.75, 3.05) is 6.54 Å². The fourth-order valence-electron chi connectivity index (χ4n) is 10.9. The van der Waals surface area contributed by atoms with E-state index in [-0.39, 0.29) is 60.2 Å². The molecule has 8 N–H and O–H groups in total. The second-order valence-electron chi connectivity index (χ2n) is 16.6. The first-order valence-electron chi connectivity index (χ1n) is 17.8. The normalized spacial score (nSPS) is 37.1. The summed E-state index contributed by atoms with van der Waals surface area (Å²) in [5.41, 5.74) is 9.97. The van der Waals surface area contributed by atoms with Crippen molar-refractivity contribution in [3.8, 4) is 0 Å². The van der Waals surface area contributed by atoms with E-state index in [1.807, 2.05) is 77.1 Å². The van der Waals surface area contributed by atoms with Crippen molar-refractivity contribution in [3.63, 3.8) is 0 Å². The maximum Gasteiger partial charge on any atom is 0.331 e. The van der Waals surface area contributed by atoms with Crippen LogP contribution in [0.5, 0.6) is 0 Å². The summed E-state index contributed by atoms with van der Waals surface area (Å²) in [6.45, 7) is 13.2. The topological polar surface area (TPSA) is 197 Å². The van der Waals surface area contributed by atoms with Crippen molar-refractivity contribution < 1.29 is 34.8 Å². The molecule has 10 heteroatoms. The first-order chi connectivity index (χ1) is 23.2. The van der Waals surface area contributed by atoms with Crippen LogP contribution in [0.3, 0.4) is 0 Å². The van der Waals surface area contributed by atoms with Gasteiger partial charge in [0.05, 0.1) is 18.3 Å². The molecule has 1 aromatic carbocycles. The lowest BCUT2D eigenvalue weighted by atomic mass is 9.40. The first kappa shape index (κ1) is 37.7. The molecule has 272 valence electrons. The molecule has 2 fully saturated rings. The van der Waals surface area contributed by atoms with Crippen LogP contribution in [0.4, 0.5) is 0 Å². The first-order valence-corrected chi connectivity index (χ1v) is 17.8. The number of aliphatic hydroxyl groups is 3. The van der Waals surface area contributed by atoms with Crippen molar-refractivity contribution in [2.45, 2.75) is 92.5 Å². The van der Waals surface area contributed by atoms with Gasteiger partial charge in [0.25, 0.3) is 0 Å². The van der Waals surface area contributed by atoms with E-state index in [2.05, 4.69) is 11.9 Å². The van der Waals surface area contributed by atoms with Crippen LogP contribution in [-0.2, 0) is 14.4 Å². The van der Waals surface area contributed by atoms with Crippen LogP contribution in [0, 0.1) is 51.2 Å². The number of benzene rings is 1. The lowest BCUT2D eigenvalue weighted by Gasteiger charge is -2.63. The SMILES string of the molecule is CC(=C[C@@H](O)[C@@H](CN=C(N)N)[C@@H](C)[C@@H]1C[C@H](O)[C@]2(C)C3=C(C(=O)C[C@]12C)[C@@]1(C)CCC(=O)C(C)(C)[C@@H]1[C@H](C=Cc1ccccc1)[C@H]3O)C(=O)O. The molecule has 5 rings (SSSR count). The maximum atomic E-state index is 14.8. The van der Waals surface area contributed by atoms with Crippen molar-refractivity contribution in [1.82, 2.24) is 0 Å². The fourth-order valence-corrected chi connectivity index (χ4v) is 10.9. The highest BCUT2D eigenvalue weighted by Gasteiger charge is 2.71. The van der Waals surface area contributed by atoms with Gasteiger partial charge in [-0.05, 0) is 60.1 Å². The second kappa shape index (κ2) is 13.2. The number of allylic oxidation sites excluding steroid dienone is 1. The molecule has 0 amide bonds. The summed E-state index contributed by atoms with van der Waals surface area (Å²) in [5.74, 6) is -3.55. The van der Waals surface area contributed by atoms with Crippen LogP contribution >= 0.6 is 0 Å². The molecule has 10 nitrogen and oxygen atoms in total. The van der Waals surface area contributed by atoms with E-state index >= 15 is 0 Å². The number of fused-ring (bicyclic) bond motifs is 4. The Morgan fingerprint density at radius 3 is 2.32 bits per heavy atom. The Kier molecular flexibility index (Phi) is 9.93. The summed E-state index contributed by atoms with van der Waals surface area (Å²) >= 11 is 0. The Morgan fingerprint density at radius 1 is 1.08 bits per heavy atom. The minimum absolute atomic E-state index is 0.00713. The number of carboxylic acid groups (broad SMARTS) is 1. The van der Waals surface area contributed by atoms with Gasteiger partial charge in [-0.2, -0.15) is 0 Å². The summed E-state index contributed by atoms with van der Waals surface area (Å²) in [6.07, 6.45) is 3.12. The van der Waals surface area contributed by atoms with Gasteiger partial charge in [0.15, 0.2) is 11.7 Å². The van der Waals surface area contributed by atoms with Gasteiger partial charge in [0, 0.05) is 58.6 Å². The number of hydrogen-bond donors (Lipinski definition) is 6. The van der Waals surface area contributed by atoms with E-state index in [0.29, 0.717) is 24.0 Å². The Labute approximate surface area is 295 Å². The minimum atomic E-state index is -1.22. The quantitative estimate of drug-likeness (QED) is 0.125. The van der Waals surface area contributed by atoms with Gasteiger partial charge in [0.2, 0.25) is 0 Å². The van der Waals surface area contributed by atoms with Crippen LogP contribution in [0.2, 0.25) is 0 Å². The zero-order valence-corrected chi connectivity index (χ0v) is 30.4. The van der Waals surface area contributed by atoms with Gasteiger partial charge >= 0.3 is 5.97 Å². The molecule has 50 heavy (non-hydrogen) atoms. The van der Waals surface area contributed by atoms with Crippen molar-refractivity contribution >= 4 is 29.6 Å². The Balaban J connectivity index is 1.67. The summed E-state index contributed by atoms with van der Waals surface area (Å²) in [4.78, 5) is 44.2. The van der Waals surface area contributed by atoms with Crippen LogP contribution in [-0.4, -0.2) is 68.8 Å². The molecule has 0 bridgehead atoms. The fraction of sp³-hybridized carbons (Fsp3) is 0.600. The molecule has 0 aromatic heterocycles. The number of aliphatic imine (C=N–C) groups is 1. The molecule has 0 radical (unpaired) electrons. The number of carboxylic acids is 1. The molecule has 0 spiro atoms. The van der Waals surface area contributed by atoms with Gasteiger partial charge in [-0.3, -0.25) is 14.6 Å². The number of hydrogen-bond acceptors (Lipinski definition) is 7. The summed E-state index contributed by atoms with van der Waals surface area (Å²) in [5, 5.41) is 45.8. The number of aliphatic carboxylic acids is 1. The summed E-state index contributed by atoms with van der Waals surface area (Å²) < 4.78 is 0. The van der Waals surface area contributed by atoms with Gasteiger partial charge in [0.1, 0.15) is 5.78 Å². The summed E-state index contributed by atoms with van der Waals surface area (Å²) in [7, 11) is 0. The summed E-state index contributed by atoms with van der Waals surface area (Å²) in [6, 6.07) is 9.76. The van der Waals surface area contributed by atoms with Crippen molar-refractivity contribution in [1.29, 1.82) is 0 Å². The highest BCUT2D eigenvalue weighted by molar-refractivity contribution is 6.01. The number of Topliss-reactive ketones (excluding diaryl/α,β-unsaturated/α-hetero) is 2. The van der Waals surface area contributed by atoms with Crippen LogP contribution in [0.15, 0.2) is 64.2 Å². The van der Waals surface area contributed by atoms with Gasteiger partial charge in [-0.25, -0.2) is 4.79 Å². The molecule has 11 atom stereocenters. The predicted molar refractivity (Wildman–Crippen MR) is 192 cm³/mol. The molecule has 0 unspecified atom stereocenters. The standard InChI is InChI=1S/C40H55N3O7/c1-21(35(49)50)17-27(44)25(20-43-36(41)42)22(2)26-18-30(47)40(7)32-31(28(45)19-39(26,40)6)38(5)16-15-29(46)37(3,4)34(38)24(33(32)48)14-13-23-11-9-8-10-12-23/h8-14,17,22,24-27,30,33-34,44,47-48H,15-16,18-20H2,1-7H3,(H,49,50)(H4,41,42,43)/t22-,24-,25+,26+,27-,30+,33-,34+,38-,39-,40-/m1/s1. The third-order valence-electron chi connectivity index (χ3n) is 13.8. The molecule has 0 saturated heterocycles. The van der Waals surface area contributed by atoms with Crippen LogP contribution in [0.1, 0.15) is 79.7 Å². The van der Waals surface area contributed by atoms with Gasteiger partial charge in [-0.1, -0.05) is 84.0 Å². The highest BCUT2D eigenvalue weighted by Crippen LogP contribution is 2.72. The molecular formula is C40H55N3O7.